The molecule has 1 aliphatic heterocycles. The molecule has 0 aliphatic carbocycles. The molecule has 152 valence electrons. The minimum absolute atomic E-state index is 0.0992. The molecule has 4 rings (SSSR count). The molecule has 1 saturated heterocycles. The van der Waals surface area contributed by atoms with Crippen LogP contribution in [0.25, 0.3) is 10.9 Å². The van der Waals surface area contributed by atoms with Crippen LogP contribution in [0.5, 0.6) is 5.88 Å². The van der Waals surface area contributed by atoms with E-state index in [9.17, 15) is 9.18 Å². The van der Waals surface area contributed by atoms with Gasteiger partial charge in [-0.1, -0.05) is 6.58 Å². The number of anilines is 2. The Morgan fingerprint density at radius 2 is 2.41 bits per heavy atom. The third-order valence-electron chi connectivity index (χ3n) is 4.82. The Morgan fingerprint density at radius 1 is 1.55 bits per heavy atom. The quantitative estimate of drug-likeness (QED) is 0.596. The molecule has 29 heavy (non-hydrogen) atoms. The number of pyridine rings is 1. The Labute approximate surface area is 171 Å². The second-order valence-electron chi connectivity index (χ2n) is 6.86. The first-order valence-electron chi connectivity index (χ1n) is 9.40. The zero-order valence-electron chi connectivity index (χ0n) is 16.1. The van der Waals surface area contributed by atoms with Gasteiger partial charge in [-0.15, -0.1) is 11.3 Å². The van der Waals surface area contributed by atoms with Crippen molar-refractivity contribution in [2.75, 3.05) is 25.1 Å². The smallest absolute Gasteiger partial charge is 0.246 e. The van der Waals surface area contributed by atoms with E-state index < -0.39 is 6.67 Å². The first-order chi connectivity index (χ1) is 14.1. The second kappa shape index (κ2) is 8.20. The van der Waals surface area contributed by atoms with Gasteiger partial charge in [-0.05, 0) is 19.1 Å². The van der Waals surface area contributed by atoms with Gasteiger partial charge < -0.3 is 19.5 Å². The van der Waals surface area contributed by atoms with E-state index in [1.165, 1.54) is 17.4 Å². The van der Waals surface area contributed by atoms with Crippen molar-refractivity contribution in [2.24, 2.45) is 0 Å². The van der Waals surface area contributed by atoms with Gasteiger partial charge in [0.25, 0.3) is 0 Å². The number of hydrogen-bond acceptors (Lipinski definition) is 6. The number of fused-ring (bicyclic) bond motifs is 1. The van der Waals surface area contributed by atoms with Gasteiger partial charge in [0.1, 0.15) is 18.6 Å². The summed E-state index contributed by atoms with van der Waals surface area (Å²) < 4.78 is 21.0. The fourth-order valence-corrected chi connectivity index (χ4v) is 4.10. The van der Waals surface area contributed by atoms with Crippen LogP contribution < -0.4 is 10.1 Å². The van der Waals surface area contributed by atoms with Gasteiger partial charge in [-0.25, -0.2) is 9.37 Å². The Morgan fingerprint density at radius 3 is 3.14 bits per heavy atom. The molecule has 1 atom stereocenters. The maximum Gasteiger partial charge on any atom is 0.246 e. The highest BCUT2D eigenvalue weighted by Gasteiger charge is 2.27. The van der Waals surface area contributed by atoms with E-state index in [-0.39, 0.29) is 18.6 Å². The molecule has 0 bridgehead atoms. The van der Waals surface area contributed by atoms with Gasteiger partial charge >= 0.3 is 0 Å². The SMILES string of the molecule is C=CC(=O)N1CC[C@H](Oc2nc(Nc3ncc(C)s3)cc3c2ccn3CCF)C1. The normalized spacial score (nSPS) is 16.3. The molecular formula is C20H22FN5O2S. The topological polar surface area (TPSA) is 72.3 Å². The van der Waals surface area contributed by atoms with E-state index in [2.05, 4.69) is 21.9 Å². The molecule has 0 aromatic carbocycles. The van der Waals surface area contributed by atoms with E-state index in [4.69, 9.17) is 4.74 Å². The highest BCUT2D eigenvalue weighted by atomic mass is 32.1. The number of carbonyl (C=O) groups is 1. The van der Waals surface area contributed by atoms with Crippen LogP contribution >= 0.6 is 11.3 Å². The van der Waals surface area contributed by atoms with E-state index in [1.54, 1.807) is 11.1 Å². The fourth-order valence-electron chi connectivity index (χ4n) is 3.43. The number of alkyl halides is 1. The lowest BCUT2D eigenvalue weighted by molar-refractivity contribution is -0.125. The number of thiazole rings is 1. The van der Waals surface area contributed by atoms with Crippen molar-refractivity contribution in [3.8, 4) is 5.88 Å². The number of hydrogen-bond donors (Lipinski definition) is 1. The average molecular weight is 415 g/mol. The van der Waals surface area contributed by atoms with Gasteiger partial charge in [0.15, 0.2) is 5.13 Å². The summed E-state index contributed by atoms with van der Waals surface area (Å²) in [5.74, 6) is 0.948. The summed E-state index contributed by atoms with van der Waals surface area (Å²) in [6.07, 6.45) is 5.50. The molecule has 0 radical (unpaired) electrons. The molecule has 0 saturated carbocycles. The van der Waals surface area contributed by atoms with Crippen molar-refractivity contribution in [2.45, 2.75) is 26.0 Å². The summed E-state index contributed by atoms with van der Waals surface area (Å²) in [5.41, 5.74) is 0.834. The van der Waals surface area contributed by atoms with Gasteiger partial charge in [-0.2, -0.15) is 4.98 Å². The summed E-state index contributed by atoms with van der Waals surface area (Å²) in [6.45, 7) is 6.43. The number of nitrogens with zero attached hydrogens (tertiary/aromatic N) is 4. The van der Waals surface area contributed by atoms with Crippen LogP contribution in [0.15, 0.2) is 37.2 Å². The van der Waals surface area contributed by atoms with E-state index in [0.717, 1.165) is 27.3 Å². The molecule has 9 heteroatoms. The van der Waals surface area contributed by atoms with Crippen molar-refractivity contribution < 1.29 is 13.9 Å². The molecule has 1 fully saturated rings. The van der Waals surface area contributed by atoms with Gasteiger partial charge in [0, 0.05) is 36.3 Å². The number of aryl methyl sites for hydroxylation is 2. The molecule has 3 aromatic rings. The molecule has 7 nitrogen and oxygen atoms in total. The first-order valence-corrected chi connectivity index (χ1v) is 10.2. The predicted octanol–water partition coefficient (Wildman–Crippen LogP) is 3.68. The van der Waals surface area contributed by atoms with Crippen LogP contribution in [0.2, 0.25) is 0 Å². The standard InChI is InChI=1S/C20H22FN5O2S/c1-3-18(27)26-7-4-14(12-26)28-19-15-5-8-25(9-6-21)16(15)10-17(23-19)24-20-22-11-13(2)29-20/h3,5,8,10-11,14H,1,4,6-7,9,12H2,2H3,(H,22,23,24)/t14-/m0/s1. The van der Waals surface area contributed by atoms with Crippen LogP contribution in [-0.2, 0) is 11.3 Å². The molecule has 0 unspecified atom stereocenters. The van der Waals surface area contributed by atoms with E-state index in [0.29, 0.717) is 24.8 Å². The van der Waals surface area contributed by atoms with E-state index >= 15 is 0 Å². The minimum Gasteiger partial charge on any atom is -0.472 e. The van der Waals surface area contributed by atoms with Crippen LogP contribution in [0.1, 0.15) is 11.3 Å². The summed E-state index contributed by atoms with van der Waals surface area (Å²) in [6, 6.07) is 3.75. The summed E-state index contributed by atoms with van der Waals surface area (Å²) in [4.78, 5) is 23.6. The number of carbonyl (C=O) groups excluding carboxylic acids is 1. The zero-order chi connectivity index (χ0) is 20.4. The number of likely N-dealkylation sites (tertiary alicyclic amines) is 1. The van der Waals surface area contributed by atoms with Gasteiger partial charge in [-0.3, -0.25) is 4.79 Å². The van der Waals surface area contributed by atoms with Crippen molar-refractivity contribution in [3.05, 3.63) is 42.1 Å². The number of amides is 1. The van der Waals surface area contributed by atoms with Crippen molar-refractivity contribution in [1.82, 2.24) is 19.4 Å². The van der Waals surface area contributed by atoms with Gasteiger partial charge in [0.05, 0.1) is 24.0 Å². The third-order valence-corrected chi connectivity index (χ3v) is 5.65. The second-order valence-corrected chi connectivity index (χ2v) is 8.10. The molecule has 3 aromatic heterocycles. The van der Waals surface area contributed by atoms with Crippen LogP contribution in [0.3, 0.4) is 0 Å². The Kier molecular flexibility index (Phi) is 5.48. The first kappa shape index (κ1) is 19.4. The Hall–Kier alpha value is -2.94. The predicted molar refractivity (Wildman–Crippen MR) is 112 cm³/mol. The van der Waals surface area contributed by atoms with Crippen LogP contribution in [0.4, 0.5) is 15.3 Å². The summed E-state index contributed by atoms with van der Waals surface area (Å²) >= 11 is 1.53. The maximum absolute atomic E-state index is 13.0. The summed E-state index contributed by atoms with van der Waals surface area (Å²) in [5, 5.41) is 4.75. The third kappa shape index (κ3) is 4.09. The van der Waals surface area contributed by atoms with Crippen molar-refractivity contribution in [3.63, 3.8) is 0 Å². The van der Waals surface area contributed by atoms with Crippen molar-refractivity contribution in [1.29, 1.82) is 0 Å². The lowest BCUT2D eigenvalue weighted by Crippen LogP contribution is -2.29. The lowest BCUT2D eigenvalue weighted by atomic mass is 10.3. The highest BCUT2D eigenvalue weighted by Crippen LogP contribution is 2.31. The number of nitrogens with one attached hydrogen (secondary N) is 1. The Bertz CT molecular complexity index is 1050. The molecule has 0 spiro atoms. The number of ether oxygens (including phenoxy) is 1. The van der Waals surface area contributed by atoms with Gasteiger partial charge in [0.2, 0.25) is 11.8 Å². The summed E-state index contributed by atoms with van der Waals surface area (Å²) in [7, 11) is 0. The molecule has 1 amide bonds. The fraction of sp³-hybridized carbons (Fsp3) is 0.350. The van der Waals surface area contributed by atoms with Crippen LogP contribution in [-0.4, -0.2) is 51.2 Å². The highest BCUT2D eigenvalue weighted by molar-refractivity contribution is 7.15. The van der Waals surface area contributed by atoms with Crippen LogP contribution in [0, 0.1) is 6.92 Å². The maximum atomic E-state index is 13.0. The average Bonchev–Trinajstić information content (AvgIpc) is 3.43. The monoisotopic (exact) mass is 415 g/mol. The van der Waals surface area contributed by atoms with E-state index in [1.807, 2.05) is 29.8 Å². The van der Waals surface area contributed by atoms with Crippen molar-refractivity contribution >= 4 is 39.1 Å². The number of halogens is 1. The number of rotatable bonds is 7. The molecule has 1 aliphatic rings. The molecule has 1 N–H and O–H groups in total. The molecule has 4 heterocycles. The minimum atomic E-state index is -0.460. The number of aromatic nitrogens is 3. The largest absolute Gasteiger partial charge is 0.472 e. The molecular weight excluding hydrogens is 393 g/mol. The Balaban J connectivity index is 1.64. The zero-order valence-corrected chi connectivity index (χ0v) is 16.9. The lowest BCUT2D eigenvalue weighted by Gasteiger charge is -2.16.